The lowest BCUT2D eigenvalue weighted by atomic mass is 10.3. The molecule has 0 radical (unpaired) electrons. The van der Waals surface area contributed by atoms with Gasteiger partial charge in [-0.1, -0.05) is 12.1 Å². The Morgan fingerprint density at radius 3 is 2.76 bits per heavy atom. The van der Waals surface area contributed by atoms with E-state index in [2.05, 4.69) is 5.32 Å². The molecule has 0 saturated heterocycles. The van der Waals surface area contributed by atoms with Crippen molar-refractivity contribution in [2.45, 2.75) is 6.92 Å². The predicted octanol–water partition coefficient (Wildman–Crippen LogP) is 0.964. The van der Waals surface area contributed by atoms with Gasteiger partial charge in [0, 0.05) is 20.2 Å². The van der Waals surface area contributed by atoms with Crippen molar-refractivity contribution in [1.82, 2.24) is 4.90 Å². The summed E-state index contributed by atoms with van der Waals surface area (Å²) in [5.41, 5.74) is 0.653. The molecular formula is C15H24N2O4. The number of carbonyl (C=O) groups is 1. The number of amides is 1. The zero-order valence-corrected chi connectivity index (χ0v) is 12.7. The average molecular weight is 296 g/mol. The van der Waals surface area contributed by atoms with E-state index in [4.69, 9.17) is 14.6 Å². The molecule has 1 aromatic rings. The third-order valence-electron chi connectivity index (χ3n) is 2.86. The second-order valence-corrected chi connectivity index (χ2v) is 4.47. The first-order valence-corrected chi connectivity index (χ1v) is 7.05. The molecule has 0 bridgehead atoms. The zero-order valence-electron chi connectivity index (χ0n) is 12.7. The van der Waals surface area contributed by atoms with Gasteiger partial charge in [0.05, 0.1) is 32.1 Å². The van der Waals surface area contributed by atoms with Gasteiger partial charge in [0.15, 0.2) is 0 Å². The van der Waals surface area contributed by atoms with Gasteiger partial charge in [-0.25, -0.2) is 0 Å². The Morgan fingerprint density at radius 1 is 1.33 bits per heavy atom. The number of ether oxygens (including phenoxy) is 2. The number of rotatable bonds is 10. The minimum atomic E-state index is -0.147. The van der Waals surface area contributed by atoms with Crippen LogP contribution >= 0.6 is 0 Å². The molecule has 6 heteroatoms. The van der Waals surface area contributed by atoms with Gasteiger partial charge < -0.3 is 19.9 Å². The summed E-state index contributed by atoms with van der Waals surface area (Å²) >= 11 is 0. The van der Waals surface area contributed by atoms with Crippen LogP contribution in [-0.2, 0) is 9.53 Å². The molecule has 1 aromatic carbocycles. The minimum Gasteiger partial charge on any atom is -0.492 e. The third kappa shape index (κ3) is 6.57. The lowest BCUT2D eigenvalue weighted by Crippen LogP contribution is -2.37. The van der Waals surface area contributed by atoms with Crippen LogP contribution in [0.3, 0.4) is 0 Å². The molecule has 0 spiro atoms. The molecule has 1 amide bonds. The van der Waals surface area contributed by atoms with Gasteiger partial charge in [0.2, 0.25) is 5.91 Å². The van der Waals surface area contributed by atoms with E-state index in [1.54, 1.807) is 13.2 Å². The fourth-order valence-corrected chi connectivity index (χ4v) is 1.88. The first-order valence-electron chi connectivity index (χ1n) is 7.05. The van der Waals surface area contributed by atoms with Gasteiger partial charge in [-0.05, 0) is 19.1 Å². The Bertz CT molecular complexity index is 426. The molecule has 0 aromatic heterocycles. The standard InChI is InChI=1S/C15H24N2O4/c1-3-21-14-7-5-4-6-13(14)16-15(19)12-17(8-10-18)9-11-20-2/h4-7,18H,3,8-12H2,1-2H3,(H,16,19). The van der Waals surface area contributed by atoms with Crippen molar-refractivity contribution < 1.29 is 19.4 Å². The summed E-state index contributed by atoms with van der Waals surface area (Å²) in [5, 5.41) is 11.9. The molecule has 0 aliphatic carbocycles. The largest absolute Gasteiger partial charge is 0.492 e. The van der Waals surface area contributed by atoms with Crippen LogP contribution in [0.5, 0.6) is 5.75 Å². The molecule has 0 atom stereocenters. The molecule has 6 nitrogen and oxygen atoms in total. The quantitative estimate of drug-likeness (QED) is 0.673. The second-order valence-electron chi connectivity index (χ2n) is 4.47. The van der Waals surface area contributed by atoms with Crippen molar-refractivity contribution in [1.29, 1.82) is 0 Å². The lowest BCUT2D eigenvalue weighted by molar-refractivity contribution is -0.117. The van der Waals surface area contributed by atoms with E-state index in [-0.39, 0.29) is 19.1 Å². The van der Waals surface area contributed by atoms with Crippen LogP contribution in [0, 0.1) is 0 Å². The first-order chi connectivity index (χ1) is 10.2. The van der Waals surface area contributed by atoms with Crippen molar-refractivity contribution in [3.05, 3.63) is 24.3 Å². The SMILES string of the molecule is CCOc1ccccc1NC(=O)CN(CCO)CCOC. The van der Waals surface area contributed by atoms with Crippen molar-refractivity contribution in [2.75, 3.05) is 51.9 Å². The number of benzene rings is 1. The Labute approximate surface area is 125 Å². The molecule has 21 heavy (non-hydrogen) atoms. The summed E-state index contributed by atoms with van der Waals surface area (Å²) in [4.78, 5) is 13.9. The van der Waals surface area contributed by atoms with Crippen LogP contribution in [0.25, 0.3) is 0 Å². The maximum atomic E-state index is 12.1. The normalized spacial score (nSPS) is 10.7. The highest BCUT2D eigenvalue weighted by atomic mass is 16.5. The zero-order chi connectivity index (χ0) is 15.5. The fourth-order valence-electron chi connectivity index (χ4n) is 1.88. The number of nitrogens with zero attached hydrogens (tertiary/aromatic N) is 1. The number of carbonyl (C=O) groups excluding carboxylic acids is 1. The number of methoxy groups -OCH3 is 1. The molecular weight excluding hydrogens is 272 g/mol. The number of para-hydroxylation sites is 2. The molecule has 2 N–H and O–H groups in total. The maximum absolute atomic E-state index is 12.1. The van der Waals surface area contributed by atoms with Crippen LogP contribution in [0.2, 0.25) is 0 Å². The van der Waals surface area contributed by atoms with Gasteiger partial charge in [0.1, 0.15) is 5.75 Å². The molecule has 0 saturated carbocycles. The predicted molar refractivity (Wildman–Crippen MR) is 81.6 cm³/mol. The van der Waals surface area contributed by atoms with Gasteiger partial charge in [-0.15, -0.1) is 0 Å². The van der Waals surface area contributed by atoms with Crippen molar-refractivity contribution in [3.63, 3.8) is 0 Å². The summed E-state index contributed by atoms with van der Waals surface area (Å²) in [6.45, 7) is 4.19. The average Bonchev–Trinajstić information content (AvgIpc) is 2.47. The summed E-state index contributed by atoms with van der Waals surface area (Å²) in [6, 6.07) is 7.32. The molecule has 0 aliphatic heterocycles. The Morgan fingerprint density at radius 2 is 2.10 bits per heavy atom. The number of hydrogen-bond donors (Lipinski definition) is 2. The van der Waals surface area contributed by atoms with E-state index in [1.165, 1.54) is 0 Å². The van der Waals surface area contributed by atoms with Crippen LogP contribution in [0.4, 0.5) is 5.69 Å². The highest BCUT2D eigenvalue weighted by Crippen LogP contribution is 2.23. The number of aliphatic hydroxyl groups excluding tert-OH is 1. The smallest absolute Gasteiger partial charge is 0.238 e. The Balaban J connectivity index is 2.58. The van der Waals surface area contributed by atoms with Crippen LogP contribution in [0.15, 0.2) is 24.3 Å². The van der Waals surface area contributed by atoms with E-state index in [9.17, 15) is 4.79 Å². The van der Waals surface area contributed by atoms with Crippen molar-refractivity contribution in [2.24, 2.45) is 0 Å². The Kier molecular flexibility index (Phi) is 8.42. The summed E-state index contributed by atoms with van der Waals surface area (Å²) < 4.78 is 10.5. The van der Waals surface area contributed by atoms with Crippen LogP contribution < -0.4 is 10.1 Å². The first kappa shape index (κ1) is 17.4. The van der Waals surface area contributed by atoms with E-state index in [0.717, 1.165) is 0 Å². The maximum Gasteiger partial charge on any atom is 0.238 e. The second kappa shape index (κ2) is 10.1. The molecule has 1 rings (SSSR count). The van der Waals surface area contributed by atoms with Crippen LogP contribution in [0.1, 0.15) is 6.92 Å². The Hall–Kier alpha value is -1.63. The number of anilines is 1. The van der Waals surface area contributed by atoms with Gasteiger partial charge in [-0.3, -0.25) is 9.69 Å². The molecule has 0 unspecified atom stereocenters. The van der Waals surface area contributed by atoms with Gasteiger partial charge in [0.25, 0.3) is 0 Å². The number of aliphatic hydroxyl groups is 1. The van der Waals surface area contributed by atoms with Gasteiger partial charge in [-0.2, -0.15) is 0 Å². The molecule has 118 valence electrons. The summed E-state index contributed by atoms with van der Waals surface area (Å²) in [6.07, 6.45) is 0. The number of hydrogen-bond acceptors (Lipinski definition) is 5. The van der Waals surface area contributed by atoms with E-state index >= 15 is 0 Å². The highest BCUT2D eigenvalue weighted by molar-refractivity contribution is 5.93. The lowest BCUT2D eigenvalue weighted by Gasteiger charge is -2.20. The fraction of sp³-hybridized carbons (Fsp3) is 0.533. The van der Waals surface area contributed by atoms with Crippen LogP contribution in [-0.4, -0.2) is 62.5 Å². The van der Waals surface area contributed by atoms with Crippen molar-refractivity contribution >= 4 is 11.6 Å². The van der Waals surface area contributed by atoms with E-state index in [0.29, 0.717) is 37.7 Å². The summed E-state index contributed by atoms with van der Waals surface area (Å²) in [5.74, 6) is 0.505. The number of nitrogens with one attached hydrogen (secondary N) is 1. The third-order valence-corrected chi connectivity index (χ3v) is 2.86. The molecule has 0 heterocycles. The monoisotopic (exact) mass is 296 g/mol. The van der Waals surface area contributed by atoms with Gasteiger partial charge >= 0.3 is 0 Å². The molecule has 0 aliphatic rings. The topological polar surface area (TPSA) is 71.0 Å². The van der Waals surface area contributed by atoms with E-state index < -0.39 is 0 Å². The van der Waals surface area contributed by atoms with Crippen molar-refractivity contribution in [3.8, 4) is 5.75 Å². The summed E-state index contributed by atoms with van der Waals surface area (Å²) in [7, 11) is 1.61. The molecule has 0 fully saturated rings. The highest BCUT2D eigenvalue weighted by Gasteiger charge is 2.12. The van der Waals surface area contributed by atoms with E-state index in [1.807, 2.05) is 30.0 Å². The minimum absolute atomic E-state index is 0.00648.